The molecule has 196 valence electrons. The van der Waals surface area contributed by atoms with Gasteiger partial charge in [0.2, 0.25) is 0 Å². The molecular weight excluding hydrogens is 491 g/mol. The highest BCUT2D eigenvalue weighted by Crippen LogP contribution is 2.44. The molecule has 11 heteroatoms. The predicted octanol–water partition coefficient (Wildman–Crippen LogP) is 4.89. The van der Waals surface area contributed by atoms with Crippen LogP contribution >= 0.6 is 7.52 Å². The molecule has 2 unspecified atom stereocenters. The van der Waals surface area contributed by atoms with Gasteiger partial charge in [0.25, 0.3) is 0 Å². The van der Waals surface area contributed by atoms with Crippen molar-refractivity contribution in [1.29, 1.82) is 0 Å². The molecule has 0 saturated carbocycles. The van der Waals surface area contributed by atoms with Gasteiger partial charge in [-0.3, -0.25) is 4.57 Å². The van der Waals surface area contributed by atoms with Crippen molar-refractivity contribution in [2.45, 2.75) is 52.7 Å². The minimum absolute atomic E-state index is 0.156. The van der Waals surface area contributed by atoms with Crippen LogP contribution in [-0.2, 0) is 27.2 Å². The molecule has 0 aliphatic heterocycles. The molecule has 0 fully saturated rings. The van der Waals surface area contributed by atoms with E-state index in [1.165, 1.54) is 6.33 Å². The molecule has 37 heavy (non-hydrogen) atoms. The summed E-state index contributed by atoms with van der Waals surface area (Å²) in [6.45, 7) is 6.70. The molecule has 2 heterocycles. The van der Waals surface area contributed by atoms with E-state index in [0.29, 0.717) is 42.3 Å². The van der Waals surface area contributed by atoms with Crippen LogP contribution in [0.1, 0.15) is 31.4 Å². The van der Waals surface area contributed by atoms with Crippen molar-refractivity contribution in [3.8, 4) is 5.75 Å². The number of aryl methyl sites for hydroxylation is 1. The Labute approximate surface area is 216 Å². The quantitative estimate of drug-likeness (QED) is 0.186. The summed E-state index contributed by atoms with van der Waals surface area (Å²) in [5.74, 6) is 0.801. The third-order valence-corrected chi connectivity index (χ3v) is 7.50. The highest BCUT2D eigenvalue weighted by Gasteiger charge is 2.30. The number of fused-ring (bicyclic) bond motifs is 1. The third-order valence-electron chi connectivity index (χ3n) is 5.82. The molecule has 4 aromatic rings. The Morgan fingerprint density at radius 2 is 1.81 bits per heavy atom. The number of imidazole rings is 1. The van der Waals surface area contributed by atoms with Gasteiger partial charge in [0.05, 0.1) is 25.6 Å². The summed E-state index contributed by atoms with van der Waals surface area (Å²) < 4.78 is 33.9. The lowest BCUT2D eigenvalue weighted by atomic mass is 10.1. The van der Waals surface area contributed by atoms with Crippen LogP contribution in [0.25, 0.3) is 11.2 Å². The normalized spacial score (nSPS) is 14.8. The molecule has 4 rings (SSSR count). The molecule has 0 aliphatic carbocycles. The molecular formula is C26H33N6O4P. The largest absolute Gasteiger partial charge is 0.431 e. The average Bonchev–Trinajstić information content (AvgIpc) is 3.31. The monoisotopic (exact) mass is 524 g/mol. The fraction of sp³-hybridized carbons (Fsp3) is 0.346. The maximum absolute atomic E-state index is 14.0. The third kappa shape index (κ3) is 7.14. The number of para-hydroxylation sites is 1. The van der Waals surface area contributed by atoms with Crippen LogP contribution in [0.4, 0.5) is 5.82 Å². The summed E-state index contributed by atoms with van der Waals surface area (Å²) in [6.07, 6.45) is 2.65. The molecule has 2 aromatic carbocycles. The van der Waals surface area contributed by atoms with E-state index in [0.717, 1.165) is 11.1 Å². The molecule has 3 atom stereocenters. The first kappa shape index (κ1) is 26.8. The number of hydrogen-bond acceptors (Lipinski definition) is 8. The summed E-state index contributed by atoms with van der Waals surface area (Å²) in [5, 5.41) is 3.10. The Morgan fingerprint density at radius 3 is 2.57 bits per heavy atom. The van der Waals surface area contributed by atoms with Crippen molar-refractivity contribution < 1.29 is 18.6 Å². The Morgan fingerprint density at radius 1 is 1.05 bits per heavy atom. The molecule has 0 radical (unpaired) electrons. The van der Waals surface area contributed by atoms with Gasteiger partial charge in [0, 0.05) is 0 Å². The number of hydrogen-bond donors (Lipinski definition) is 2. The van der Waals surface area contributed by atoms with E-state index in [2.05, 4.69) is 20.0 Å². The SMILES string of the molecule is CCC(NP(=O)(CO[C@H](C)Cn1cnc2c(N)ncnc21)Oc1ccccc1)OCc1ccccc1C. The van der Waals surface area contributed by atoms with E-state index >= 15 is 0 Å². The number of benzene rings is 2. The van der Waals surface area contributed by atoms with E-state index in [-0.39, 0.29) is 12.5 Å². The number of nitrogens with two attached hydrogens (primary N) is 1. The minimum atomic E-state index is -3.51. The number of aromatic nitrogens is 4. The van der Waals surface area contributed by atoms with Crippen LogP contribution in [0.15, 0.2) is 67.3 Å². The van der Waals surface area contributed by atoms with Gasteiger partial charge in [-0.05, 0) is 43.5 Å². The number of rotatable bonds is 13. The predicted molar refractivity (Wildman–Crippen MR) is 143 cm³/mol. The lowest BCUT2D eigenvalue weighted by Gasteiger charge is -2.27. The van der Waals surface area contributed by atoms with Gasteiger partial charge in [-0.2, -0.15) is 0 Å². The number of ether oxygens (including phenoxy) is 2. The van der Waals surface area contributed by atoms with Crippen LogP contribution < -0.4 is 15.3 Å². The van der Waals surface area contributed by atoms with Crippen LogP contribution in [0.2, 0.25) is 0 Å². The molecule has 0 saturated heterocycles. The number of nitrogens with one attached hydrogen (secondary N) is 1. The van der Waals surface area contributed by atoms with Gasteiger partial charge in [-0.1, -0.05) is 49.4 Å². The molecule has 0 bridgehead atoms. The maximum Gasteiger partial charge on any atom is 0.344 e. The van der Waals surface area contributed by atoms with E-state index in [9.17, 15) is 4.57 Å². The zero-order valence-electron chi connectivity index (χ0n) is 21.3. The van der Waals surface area contributed by atoms with Crippen molar-refractivity contribution in [3.63, 3.8) is 0 Å². The van der Waals surface area contributed by atoms with Crippen molar-refractivity contribution in [2.75, 3.05) is 12.1 Å². The minimum Gasteiger partial charge on any atom is -0.431 e. The summed E-state index contributed by atoms with van der Waals surface area (Å²) >= 11 is 0. The second kappa shape index (κ2) is 12.3. The first-order chi connectivity index (χ1) is 17.9. The molecule has 0 aliphatic rings. The standard InChI is InChI=1S/C26H33N6O4P/c1-4-23(34-15-21-11-9-8-10-19(21)2)31-37(33,36-22-12-6-5-7-13-22)18-35-20(3)14-32-17-30-24-25(27)28-16-29-26(24)32/h5-13,16-17,20,23H,4,14-15,18H2,1-3H3,(H,31,33)(H2,27,28,29)/t20-,23?,37?/m1/s1. The zero-order chi connectivity index (χ0) is 26.3. The van der Waals surface area contributed by atoms with Crippen molar-refractivity contribution >= 4 is 24.5 Å². The Bertz CT molecular complexity index is 1350. The molecule has 2 aromatic heterocycles. The second-order valence-electron chi connectivity index (χ2n) is 8.78. The molecule has 10 nitrogen and oxygen atoms in total. The van der Waals surface area contributed by atoms with Gasteiger partial charge in [0.15, 0.2) is 11.5 Å². The summed E-state index contributed by atoms with van der Waals surface area (Å²) in [7, 11) is -3.51. The summed E-state index contributed by atoms with van der Waals surface area (Å²) in [4.78, 5) is 12.5. The highest BCUT2D eigenvalue weighted by atomic mass is 31.2. The Hall–Kier alpha value is -3.30. The fourth-order valence-corrected chi connectivity index (χ4v) is 5.55. The second-order valence-corrected chi connectivity index (χ2v) is 10.8. The first-order valence-corrected chi connectivity index (χ1v) is 14.0. The fourth-order valence-electron chi connectivity index (χ4n) is 3.76. The zero-order valence-corrected chi connectivity index (χ0v) is 22.2. The number of nitrogens with zero attached hydrogens (tertiary/aromatic N) is 4. The molecule has 3 N–H and O–H groups in total. The smallest absolute Gasteiger partial charge is 0.344 e. The number of nitrogen functional groups attached to an aromatic ring is 1. The number of anilines is 1. The highest BCUT2D eigenvalue weighted by molar-refractivity contribution is 7.57. The van der Waals surface area contributed by atoms with Crippen LogP contribution in [-0.4, -0.2) is 38.2 Å². The summed E-state index contributed by atoms with van der Waals surface area (Å²) in [5.41, 5.74) is 9.24. The van der Waals surface area contributed by atoms with E-state index in [1.54, 1.807) is 18.5 Å². The van der Waals surface area contributed by atoms with E-state index < -0.39 is 13.7 Å². The van der Waals surface area contributed by atoms with E-state index in [4.69, 9.17) is 19.7 Å². The summed E-state index contributed by atoms with van der Waals surface area (Å²) in [6, 6.07) is 17.1. The average molecular weight is 525 g/mol. The lowest BCUT2D eigenvalue weighted by molar-refractivity contribution is 0.0255. The topological polar surface area (TPSA) is 126 Å². The van der Waals surface area contributed by atoms with Crippen LogP contribution in [0, 0.1) is 6.92 Å². The van der Waals surface area contributed by atoms with Crippen molar-refractivity contribution in [1.82, 2.24) is 24.6 Å². The van der Waals surface area contributed by atoms with Gasteiger partial charge in [-0.15, -0.1) is 0 Å². The van der Waals surface area contributed by atoms with Crippen LogP contribution in [0.5, 0.6) is 5.75 Å². The molecule has 0 spiro atoms. The van der Waals surface area contributed by atoms with Gasteiger partial charge < -0.3 is 24.3 Å². The van der Waals surface area contributed by atoms with Gasteiger partial charge >= 0.3 is 7.52 Å². The van der Waals surface area contributed by atoms with Gasteiger partial charge in [0.1, 0.15) is 30.2 Å². The van der Waals surface area contributed by atoms with Crippen molar-refractivity contribution in [2.24, 2.45) is 0 Å². The first-order valence-electron chi connectivity index (χ1n) is 12.2. The van der Waals surface area contributed by atoms with E-state index in [1.807, 2.05) is 67.8 Å². The maximum atomic E-state index is 14.0. The Balaban J connectivity index is 1.44. The van der Waals surface area contributed by atoms with Crippen LogP contribution in [0.3, 0.4) is 0 Å². The molecule has 0 amide bonds. The van der Waals surface area contributed by atoms with Gasteiger partial charge in [-0.25, -0.2) is 20.0 Å². The Kier molecular flexibility index (Phi) is 8.89. The van der Waals surface area contributed by atoms with Crippen molar-refractivity contribution in [3.05, 3.63) is 78.4 Å². The lowest BCUT2D eigenvalue weighted by Crippen LogP contribution is -2.32.